The first-order chi connectivity index (χ1) is 9.70. The van der Waals surface area contributed by atoms with E-state index >= 15 is 0 Å². The summed E-state index contributed by atoms with van der Waals surface area (Å²) in [4.78, 5) is 15.3. The monoisotopic (exact) mass is 271 g/mol. The summed E-state index contributed by atoms with van der Waals surface area (Å²) in [5.74, 6) is 1.25. The van der Waals surface area contributed by atoms with Crippen molar-refractivity contribution >= 4 is 11.7 Å². The number of carbonyl (C=O) groups excluding carboxylic acids is 1. The van der Waals surface area contributed by atoms with E-state index in [-0.39, 0.29) is 5.91 Å². The maximum Gasteiger partial charge on any atom is 0.348 e. The minimum atomic E-state index is -0.509. The average molecular weight is 271 g/mol. The van der Waals surface area contributed by atoms with Crippen LogP contribution in [0.25, 0.3) is 0 Å². The quantitative estimate of drug-likeness (QED) is 0.908. The zero-order chi connectivity index (χ0) is 14.4. The second kappa shape index (κ2) is 6.70. The number of rotatable bonds is 5. The number of amides is 1. The van der Waals surface area contributed by atoms with E-state index in [0.717, 1.165) is 5.56 Å². The van der Waals surface area contributed by atoms with Crippen LogP contribution in [0.2, 0.25) is 0 Å². The molecule has 2 aromatic rings. The number of benzene rings is 1. The third-order valence-corrected chi connectivity index (χ3v) is 3.00. The zero-order valence-electron chi connectivity index (χ0n) is 11.7. The van der Waals surface area contributed by atoms with Gasteiger partial charge >= 0.3 is 5.91 Å². The molecule has 1 unspecified atom stereocenters. The predicted octanol–water partition coefficient (Wildman–Crippen LogP) is 2.61. The first kappa shape index (κ1) is 14.1. The number of hydrogen-bond donors (Lipinski definition) is 1. The Morgan fingerprint density at radius 1 is 1.25 bits per heavy atom. The van der Waals surface area contributed by atoms with Gasteiger partial charge in [-0.1, -0.05) is 25.1 Å². The second-order valence-electron chi connectivity index (χ2n) is 4.55. The lowest BCUT2D eigenvalue weighted by molar-refractivity contribution is -0.361. The van der Waals surface area contributed by atoms with Crippen molar-refractivity contribution in [2.45, 2.75) is 26.4 Å². The summed E-state index contributed by atoms with van der Waals surface area (Å²) in [6, 6.07) is 13.2. The third kappa shape index (κ3) is 3.57. The summed E-state index contributed by atoms with van der Waals surface area (Å²) in [5.41, 5.74) is 0.982. The number of H-pyrrole nitrogens is 1. The Bertz CT molecular complexity index is 570. The van der Waals surface area contributed by atoms with E-state index in [1.807, 2.05) is 56.3 Å². The molecule has 1 amide bonds. The van der Waals surface area contributed by atoms with Gasteiger partial charge in [-0.05, 0) is 37.6 Å². The highest BCUT2D eigenvalue weighted by Gasteiger charge is 2.24. The highest BCUT2D eigenvalue weighted by atomic mass is 16.5. The van der Waals surface area contributed by atoms with E-state index in [1.165, 1.54) is 0 Å². The van der Waals surface area contributed by atoms with Crippen LogP contribution in [0, 0.1) is 6.92 Å². The van der Waals surface area contributed by atoms with Gasteiger partial charge in [0.25, 0.3) is 5.82 Å². The summed E-state index contributed by atoms with van der Waals surface area (Å²) >= 11 is 0. The molecule has 0 radical (unpaired) electrons. The van der Waals surface area contributed by atoms with E-state index in [9.17, 15) is 4.79 Å². The molecule has 1 atom stereocenters. The van der Waals surface area contributed by atoms with Crippen LogP contribution in [0.1, 0.15) is 18.9 Å². The second-order valence-corrected chi connectivity index (χ2v) is 4.55. The van der Waals surface area contributed by atoms with Gasteiger partial charge in [0.2, 0.25) is 0 Å². The van der Waals surface area contributed by atoms with Gasteiger partial charge in [0.05, 0.1) is 6.20 Å². The maximum atomic E-state index is 12.2. The fourth-order valence-corrected chi connectivity index (χ4v) is 1.85. The molecule has 4 heteroatoms. The molecule has 0 aliphatic carbocycles. The highest BCUT2D eigenvalue weighted by Crippen LogP contribution is 2.14. The Hall–Kier alpha value is -2.36. The molecule has 4 nitrogen and oxygen atoms in total. The van der Waals surface area contributed by atoms with Crippen LogP contribution < -0.4 is 15.0 Å². The van der Waals surface area contributed by atoms with Gasteiger partial charge in [-0.2, -0.15) is 0 Å². The largest absolute Gasteiger partial charge is 0.478 e. The van der Waals surface area contributed by atoms with Crippen molar-refractivity contribution in [3.8, 4) is 5.75 Å². The average Bonchev–Trinajstić information content (AvgIpc) is 2.48. The molecule has 2 rings (SSSR count). The topological polar surface area (TPSA) is 52.5 Å². The molecular formula is C16H19N2O2+. The van der Waals surface area contributed by atoms with E-state index in [2.05, 4.69) is 10.3 Å². The number of para-hydroxylation sites is 1. The van der Waals surface area contributed by atoms with Gasteiger partial charge in [0.15, 0.2) is 6.10 Å². The smallest absolute Gasteiger partial charge is 0.348 e. The summed E-state index contributed by atoms with van der Waals surface area (Å²) in [6.45, 7) is 3.86. The number of aryl methyl sites for hydroxylation is 1. The molecule has 0 saturated carbocycles. The van der Waals surface area contributed by atoms with E-state index in [4.69, 9.17) is 4.74 Å². The molecule has 1 heterocycles. The van der Waals surface area contributed by atoms with Gasteiger partial charge in [0.1, 0.15) is 5.75 Å². The van der Waals surface area contributed by atoms with Crippen molar-refractivity contribution in [2.75, 3.05) is 5.32 Å². The molecule has 104 valence electrons. The number of pyridine rings is 1. The van der Waals surface area contributed by atoms with Crippen LogP contribution in [0.4, 0.5) is 5.82 Å². The molecule has 2 N–H and O–H groups in total. The molecule has 0 fully saturated rings. The molecule has 0 aliphatic rings. The minimum Gasteiger partial charge on any atom is -0.478 e. The summed E-state index contributed by atoms with van der Waals surface area (Å²) in [7, 11) is 0. The lowest BCUT2D eigenvalue weighted by atomic mass is 10.2. The van der Waals surface area contributed by atoms with Gasteiger partial charge < -0.3 is 4.74 Å². The Kier molecular flexibility index (Phi) is 4.71. The summed E-state index contributed by atoms with van der Waals surface area (Å²) < 4.78 is 5.71. The third-order valence-electron chi connectivity index (χ3n) is 3.00. The van der Waals surface area contributed by atoms with Gasteiger partial charge in [-0.15, -0.1) is 0 Å². The molecule has 0 spiro atoms. The lowest BCUT2D eigenvalue weighted by Crippen LogP contribution is -2.34. The van der Waals surface area contributed by atoms with E-state index < -0.39 is 6.10 Å². The molecule has 1 aromatic carbocycles. The van der Waals surface area contributed by atoms with Crippen LogP contribution >= 0.6 is 0 Å². The molecule has 0 bridgehead atoms. The van der Waals surface area contributed by atoms with Crippen molar-refractivity contribution in [2.24, 2.45) is 0 Å². The Labute approximate surface area is 118 Å². The number of anilines is 1. The lowest BCUT2D eigenvalue weighted by Gasteiger charge is -2.14. The van der Waals surface area contributed by atoms with Crippen molar-refractivity contribution in [1.29, 1.82) is 0 Å². The van der Waals surface area contributed by atoms with Gasteiger partial charge in [0, 0.05) is 5.56 Å². The van der Waals surface area contributed by atoms with Crippen molar-refractivity contribution in [1.82, 2.24) is 0 Å². The highest BCUT2D eigenvalue weighted by molar-refractivity contribution is 5.93. The molecule has 0 aliphatic heterocycles. The number of aromatic nitrogens is 1. The first-order valence-corrected chi connectivity index (χ1v) is 6.70. The van der Waals surface area contributed by atoms with E-state index in [1.54, 1.807) is 6.20 Å². The summed E-state index contributed by atoms with van der Waals surface area (Å²) in [5, 5.41) is 2.86. The SMILES string of the molecule is CCC(Oc1ccccc1)C(=O)Nc1[nH+]cccc1C. The molecule has 1 aromatic heterocycles. The van der Waals surface area contributed by atoms with E-state index in [0.29, 0.717) is 18.0 Å². The van der Waals surface area contributed by atoms with Crippen LogP contribution in [0.15, 0.2) is 48.7 Å². The number of carbonyl (C=O) groups is 1. The molecular weight excluding hydrogens is 252 g/mol. The Morgan fingerprint density at radius 3 is 2.65 bits per heavy atom. The fourth-order valence-electron chi connectivity index (χ4n) is 1.85. The van der Waals surface area contributed by atoms with Crippen LogP contribution in [-0.4, -0.2) is 12.0 Å². The summed E-state index contributed by atoms with van der Waals surface area (Å²) in [6.07, 6.45) is 1.87. The number of nitrogens with one attached hydrogen (secondary N) is 2. The maximum absolute atomic E-state index is 12.2. The standard InChI is InChI=1S/C16H18N2O2/c1-3-14(20-13-9-5-4-6-10-13)16(19)18-15-12(2)8-7-11-17-15/h4-11,14H,3H2,1-2H3,(H,17,18,19)/p+1. The Balaban J connectivity index is 2.04. The predicted molar refractivity (Wildman–Crippen MR) is 77.5 cm³/mol. The molecule has 0 saturated heterocycles. The van der Waals surface area contributed by atoms with Crippen LogP contribution in [0.5, 0.6) is 5.75 Å². The number of hydrogen-bond acceptors (Lipinski definition) is 2. The normalized spacial score (nSPS) is 11.7. The molecule has 20 heavy (non-hydrogen) atoms. The van der Waals surface area contributed by atoms with Gasteiger partial charge in [-0.3, -0.25) is 0 Å². The fraction of sp³-hybridized carbons (Fsp3) is 0.250. The van der Waals surface area contributed by atoms with Crippen molar-refractivity contribution in [3.05, 3.63) is 54.2 Å². The number of ether oxygens (including phenoxy) is 1. The van der Waals surface area contributed by atoms with Crippen molar-refractivity contribution < 1.29 is 14.5 Å². The van der Waals surface area contributed by atoms with Gasteiger partial charge in [-0.25, -0.2) is 15.1 Å². The van der Waals surface area contributed by atoms with Crippen LogP contribution in [0.3, 0.4) is 0 Å². The minimum absolute atomic E-state index is 0.151. The zero-order valence-corrected chi connectivity index (χ0v) is 11.7. The van der Waals surface area contributed by atoms with Crippen LogP contribution in [-0.2, 0) is 4.79 Å². The Morgan fingerprint density at radius 2 is 2.00 bits per heavy atom. The first-order valence-electron chi connectivity index (χ1n) is 6.70. The van der Waals surface area contributed by atoms with Crippen molar-refractivity contribution in [3.63, 3.8) is 0 Å². The number of aromatic amines is 1.